The second-order valence-electron chi connectivity index (χ2n) is 5.05. The molecule has 0 aliphatic carbocycles. The predicted molar refractivity (Wildman–Crippen MR) is 82.5 cm³/mol. The van der Waals surface area contributed by atoms with Gasteiger partial charge in [0.05, 0.1) is 11.2 Å². The molecule has 0 aliphatic heterocycles. The predicted octanol–water partition coefficient (Wildman–Crippen LogP) is 3.84. The lowest BCUT2D eigenvalue weighted by Gasteiger charge is -2.12. The highest BCUT2D eigenvalue weighted by Gasteiger charge is 2.11. The largest absolute Gasteiger partial charge is 0.428 e. The van der Waals surface area contributed by atoms with Crippen molar-refractivity contribution in [2.75, 3.05) is 0 Å². The number of fused-ring (bicyclic) bond motifs is 1. The number of nitrogens with zero attached hydrogens (tertiary/aromatic N) is 1. The highest BCUT2D eigenvalue weighted by atomic mass is 16.5. The van der Waals surface area contributed by atoms with E-state index in [1.54, 1.807) is 19.1 Å². The van der Waals surface area contributed by atoms with Crippen LogP contribution in [0.1, 0.15) is 37.4 Å². The summed E-state index contributed by atoms with van der Waals surface area (Å²) in [6.45, 7) is 3.93. The van der Waals surface area contributed by atoms with Gasteiger partial charge in [0.2, 0.25) is 0 Å². The molecule has 2 aromatic rings. The van der Waals surface area contributed by atoms with Crippen molar-refractivity contribution in [2.45, 2.75) is 39.5 Å². The van der Waals surface area contributed by atoms with Crippen LogP contribution < -0.4 is 5.43 Å². The molecule has 0 radical (unpaired) electrons. The maximum Gasteiger partial charge on any atom is 0.192 e. The van der Waals surface area contributed by atoms with Crippen molar-refractivity contribution < 1.29 is 5.21 Å². The molecular weight excluding hydrogens is 250 g/mol. The minimum atomic E-state index is 0.00265. The van der Waals surface area contributed by atoms with Gasteiger partial charge in [-0.25, -0.2) is 0 Å². The van der Waals surface area contributed by atoms with E-state index in [1.807, 2.05) is 18.2 Å². The van der Waals surface area contributed by atoms with Crippen LogP contribution in [0.2, 0.25) is 0 Å². The summed E-state index contributed by atoms with van der Waals surface area (Å²) in [5.74, 6) is 0. The Morgan fingerprint density at radius 1 is 1.25 bits per heavy atom. The minimum Gasteiger partial charge on any atom is -0.428 e. The summed E-state index contributed by atoms with van der Waals surface area (Å²) in [6, 6.07) is 7.15. The van der Waals surface area contributed by atoms with Gasteiger partial charge in [-0.2, -0.15) is 4.73 Å². The van der Waals surface area contributed by atoms with E-state index in [4.69, 9.17) is 0 Å². The van der Waals surface area contributed by atoms with Gasteiger partial charge in [-0.05, 0) is 25.5 Å². The van der Waals surface area contributed by atoms with Crippen LogP contribution in [0, 0.1) is 6.92 Å². The molecule has 1 heterocycles. The monoisotopic (exact) mass is 271 g/mol. The molecule has 0 amide bonds. The zero-order valence-electron chi connectivity index (χ0n) is 12.1. The van der Waals surface area contributed by atoms with Crippen molar-refractivity contribution in [1.29, 1.82) is 0 Å². The molecule has 3 heteroatoms. The van der Waals surface area contributed by atoms with E-state index < -0.39 is 0 Å². The minimum absolute atomic E-state index is 0.00265. The number of hydrogen-bond donors (Lipinski definition) is 1. The Morgan fingerprint density at radius 3 is 2.75 bits per heavy atom. The van der Waals surface area contributed by atoms with E-state index >= 15 is 0 Å². The molecule has 1 aromatic heterocycles. The smallest absolute Gasteiger partial charge is 0.192 e. The SMILES string of the molecule is CCCCC=CCc1c(C)c(=O)c2ccccc2n1O. The van der Waals surface area contributed by atoms with E-state index in [2.05, 4.69) is 13.0 Å². The Bertz CT molecular complexity index is 683. The fraction of sp³-hybridized carbons (Fsp3) is 0.353. The molecule has 0 fully saturated rings. The molecule has 0 unspecified atom stereocenters. The lowest BCUT2D eigenvalue weighted by atomic mass is 10.1. The molecule has 0 spiro atoms. The summed E-state index contributed by atoms with van der Waals surface area (Å²) in [4.78, 5) is 12.3. The van der Waals surface area contributed by atoms with E-state index in [9.17, 15) is 10.0 Å². The molecule has 1 N–H and O–H groups in total. The second kappa shape index (κ2) is 6.42. The van der Waals surface area contributed by atoms with Gasteiger partial charge in [-0.15, -0.1) is 0 Å². The van der Waals surface area contributed by atoms with Gasteiger partial charge in [0.15, 0.2) is 5.43 Å². The Balaban J connectivity index is 2.39. The van der Waals surface area contributed by atoms with E-state index in [0.717, 1.165) is 11.2 Å². The van der Waals surface area contributed by atoms with E-state index in [1.165, 1.54) is 12.8 Å². The number of rotatable bonds is 5. The molecule has 2 rings (SSSR count). The first-order valence-electron chi connectivity index (χ1n) is 7.14. The molecule has 0 saturated heterocycles. The summed E-state index contributed by atoms with van der Waals surface area (Å²) in [6.07, 6.45) is 8.09. The zero-order valence-corrected chi connectivity index (χ0v) is 12.1. The molecule has 1 aromatic carbocycles. The van der Waals surface area contributed by atoms with Gasteiger partial charge in [0.25, 0.3) is 0 Å². The molecule has 106 valence electrons. The van der Waals surface area contributed by atoms with E-state index in [-0.39, 0.29) is 5.43 Å². The first-order chi connectivity index (χ1) is 9.66. The summed E-state index contributed by atoms with van der Waals surface area (Å²) in [7, 11) is 0. The van der Waals surface area contributed by atoms with Crippen LogP contribution in [0.25, 0.3) is 10.9 Å². The van der Waals surface area contributed by atoms with Crippen LogP contribution in [0.3, 0.4) is 0 Å². The normalized spacial score (nSPS) is 11.5. The lowest BCUT2D eigenvalue weighted by Crippen LogP contribution is -2.16. The van der Waals surface area contributed by atoms with Crippen LogP contribution in [0.5, 0.6) is 0 Å². The summed E-state index contributed by atoms with van der Waals surface area (Å²) in [5, 5.41) is 10.9. The molecular formula is C17H21NO2. The number of aromatic nitrogens is 1. The van der Waals surface area contributed by atoms with Crippen LogP contribution in [-0.2, 0) is 6.42 Å². The topological polar surface area (TPSA) is 42.2 Å². The number of hydrogen-bond acceptors (Lipinski definition) is 2. The highest BCUT2D eigenvalue weighted by Crippen LogP contribution is 2.15. The first kappa shape index (κ1) is 14.4. The quantitative estimate of drug-likeness (QED) is 0.510. The van der Waals surface area contributed by atoms with Crippen molar-refractivity contribution >= 4 is 10.9 Å². The van der Waals surface area contributed by atoms with Crippen molar-refractivity contribution in [1.82, 2.24) is 4.73 Å². The summed E-state index contributed by atoms with van der Waals surface area (Å²) >= 11 is 0. The molecule has 0 atom stereocenters. The summed E-state index contributed by atoms with van der Waals surface area (Å²) in [5.41, 5.74) is 1.86. The summed E-state index contributed by atoms with van der Waals surface area (Å²) < 4.78 is 1.15. The number of unbranched alkanes of at least 4 members (excludes halogenated alkanes) is 2. The van der Waals surface area contributed by atoms with Crippen LogP contribution in [0.15, 0.2) is 41.2 Å². The Labute approximate surface area is 119 Å². The van der Waals surface area contributed by atoms with Crippen molar-refractivity contribution in [3.05, 3.63) is 57.9 Å². The number of pyridine rings is 1. The first-order valence-corrected chi connectivity index (χ1v) is 7.14. The van der Waals surface area contributed by atoms with Gasteiger partial charge in [-0.3, -0.25) is 4.79 Å². The second-order valence-corrected chi connectivity index (χ2v) is 5.05. The number of allylic oxidation sites excluding steroid dienone is 2. The third-order valence-corrected chi connectivity index (χ3v) is 3.61. The van der Waals surface area contributed by atoms with Crippen molar-refractivity contribution in [3.63, 3.8) is 0 Å². The van der Waals surface area contributed by atoms with Gasteiger partial charge in [0, 0.05) is 17.4 Å². The number of para-hydroxylation sites is 1. The molecule has 20 heavy (non-hydrogen) atoms. The van der Waals surface area contributed by atoms with E-state index in [0.29, 0.717) is 28.6 Å². The van der Waals surface area contributed by atoms with Crippen LogP contribution in [0.4, 0.5) is 0 Å². The maximum atomic E-state index is 12.3. The third kappa shape index (κ3) is 2.77. The Hall–Kier alpha value is -2.03. The number of benzene rings is 1. The Kier molecular flexibility index (Phi) is 4.61. The Morgan fingerprint density at radius 2 is 2.00 bits per heavy atom. The maximum absolute atomic E-state index is 12.3. The third-order valence-electron chi connectivity index (χ3n) is 3.61. The fourth-order valence-corrected chi connectivity index (χ4v) is 2.36. The van der Waals surface area contributed by atoms with Gasteiger partial charge >= 0.3 is 0 Å². The standard InChI is InChI=1S/C17H21NO2/c1-3-4-5-6-7-11-15-13(2)17(19)14-10-8-9-12-16(14)18(15)20/h6-10,12,20H,3-5,11H2,1-2H3. The molecule has 0 aliphatic rings. The lowest BCUT2D eigenvalue weighted by molar-refractivity contribution is 0.189. The zero-order chi connectivity index (χ0) is 14.5. The fourth-order valence-electron chi connectivity index (χ4n) is 2.36. The molecule has 0 saturated carbocycles. The van der Waals surface area contributed by atoms with Crippen molar-refractivity contribution in [3.8, 4) is 0 Å². The van der Waals surface area contributed by atoms with Crippen LogP contribution >= 0.6 is 0 Å². The average Bonchev–Trinajstić information content (AvgIpc) is 2.48. The molecule has 3 nitrogen and oxygen atoms in total. The van der Waals surface area contributed by atoms with Crippen molar-refractivity contribution in [2.24, 2.45) is 0 Å². The van der Waals surface area contributed by atoms with Gasteiger partial charge in [-0.1, -0.05) is 44.1 Å². The van der Waals surface area contributed by atoms with Crippen LogP contribution in [-0.4, -0.2) is 9.94 Å². The van der Waals surface area contributed by atoms with Gasteiger partial charge in [0.1, 0.15) is 0 Å². The molecule has 0 bridgehead atoms. The highest BCUT2D eigenvalue weighted by molar-refractivity contribution is 5.79. The van der Waals surface area contributed by atoms with Gasteiger partial charge < -0.3 is 5.21 Å². The average molecular weight is 271 g/mol.